The summed E-state index contributed by atoms with van der Waals surface area (Å²) in [5, 5.41) is 12.6. The van der Waals surface area contributed by atoms with Crippen LogP contribution >= 0.6 is 0 Å². The van der Waals surface area contributed by atoms with Gasteiger partial charge in [-0.05, 0) is 44.3 Å². The second-order valence-corrected chi connectivity index (χ2v) is 7.92. The molecule has 1 fully saturated rings. The Labute approximate surface area is 171 Å². The van der Waals surface area contributed by atoms with Crippen molar-refractivity contribution >= 4 is 28.3 Å². The van der Waals surface area contributed by atoms with Crippen LogP contribution in [0.2, 0.25) is 0 Å². The number of fused-ring (bicyclic) bond motifs is 1. The first-order valence-corrected chi connectivity index (χ1v) is 10.1. The molecule has 3 aromatic rings. The molecule has 0 unspecified atom stereocenters. The number of carbonyl (C=O) groups excluding carboxylic acids is 1. The van der Waals surface area contributed by atoms with Gasteiger partial charge in [0, 0.05) is 31.1 Å². The lowest BCUT2D eigenvalue weighted by molar-refractivity contribution is -0.121. The molecule has 0 saturated carbocycles. The number of aromatic amines is 1. The van der Waals surface area contributed by atoms with Crippen LogP contribution in [0.1, 0.15) is 31.5 Å². The zero-order valence-electron chi connectivity index (χ0n) is 17.2. The van der Waals surface area contributed by atoms with Crippen LogP contribution in [0.25, 0.3) is 10.8 Å². The number of rotatable bonds is 5. The standard InChI is InChI=1S/C22H28N6O/c1-15(21(29)23-19-10-6-8-16-7-4-5-9-18(16)19)28-13-11-17(12-14-28)20-24-22(26-25-20)27(2)3/h4-10,15,17H,11-14H2,1-3H3,(H,23,29)(H,24,25,26)/t15-/m1/s1. The number of piperidine rings is 1. The third-order valence-electron chi connectivity index (χ3n) is 5.78. The number of anilines is 2. The van der Waals surface area contributed by atoms with Crippen molar-refractivity contribution in [2.24, 2.45) is 0 Å². The van der Waals surface area contributed by atoms with E-state index < -0.39 is 0 Å². The summed E-state index contributed by atoms with van der Waals surface area (Å²) < 4.78 is 0. The summed E-state index contributed by atoms with van der Waals surface area (Å²) in [5.41, 5.74) is 0.868. The van der Waals surface area contributed by atoms with Gasteiger partial charge in [-0.15, -0.1) is 5.10 Å². The first-order valence-electron chi connectivity index (χ1n) is 10.1. The molecule has 1 atom stereocenters. The molecule has 1 aliphatic heterocycles. The van der Waals surface area contributed by atoms with E-state index in [1.807, 2.05) is 56.3 Å². The summed E-state index contributed by atoms with van der Waals surface area (Å²) in [6, 6.07) is 13.9. The maximum atomic E-state index is 12.9. The van der Waals surface area contributed by atoms with Gasteiger partial charge in [-0.25, -0.2) is 0 Å². The number of H-pyrrole nitrogens is 1. The number of hydrogen-bond donors (Lipinski definition) is 2. The van der Waals surface area contributed by atoms with Crippen LogP contribution in [-0.4, -0.2) is 59.2 Å². The van der Waals surface area contributed by atoms with Gasteiger partial charge in [-0.3, -0.25) is 14.8 Å². The van der Waals surface area contributed by atoms with Gasteiger partial charge in [0.25, 0.3) is 0 Å². The predicted octanol–water partition coefficient (Wildman–Crippen LogP) is 3.23. The lowest BCUT2D eigenvalue weighted by atomic mass is 9.95. The summed E-state index contributed by atoms with van der Waals surface area (Å²) in [7, 11) is 3.87. The molecule has 7 heteroatoms. The number of nitrogens with zero attached hydrogens (tertiary/aromatic N) is 4. The van der Waals surface area contributed by atoms with E-state index in [9.17, 15) is 4.79 Å². The summed E-state index contributed by atoms with van der Waals surface area (Å²) in [6.45, 7) is 3.72. The van der Waals surface area contributed by atoms with Crippen LogP contribution in [0.4, 0.5) is 11.6 Å². The zero-order chi connectivity index (χ0) is 20.4. The van der Waals surface area contributed by atoms with Crippen molar-refractivity contribution in [2.45, 2.75) is 31.7 Å². The number of hydrogen-bond acceptors (Lipinski definition) is 5. The number of amides is 1. The molecule has 29 heavy (non-hydrogen) atoms. The molecule has 2 N–H and O–H groups in total. The van der Waals surface area contributed by atoms with E-state index in [4.69, 9.17) is 0 Å². The highest BCUT2D eigenvalue weighted by molar-refractivity contribution is 6.03. The van der Waals surface area contributed by atoms with Gasteiger partial charge in [0.1, 0.15) is 5.82 Å². The number of benzene rings is 2. The lowest BCUT2D eigenvalue weighted by Crippen LogP contribution is -2.45. The molecule has 0 radical (unpaired) electrons. The van der Waals surface area contributed by atoms with Gasteiger partial charge in [-0.2, -0.15) is 4.98 Å². The monoisotopic (exact) mass is 392 g/mol. The van der Waals surface area contributed by atoms with Crippen molar-refractivity contribution < 1.29 is 4.79 Å². The van der Waals surface area contributed by atoms with Crippen LogP contribution in [0.5, 0.6) is 0 Å². The fourth-order valence-corrected chi connectivity index (χ4v) is 3.95. The van der Waals surface area contributed by atoms with Gasteiger partial charge in [0.05, 0.1) is 6.04 Å². The number of carbonyl (C=O) groups is 1. The van der Waals surface area contributed by atoms with Crippen LogP contribution in [0, 0.1) is 0 Å². The highest BCUT2D eigenvalue weighted by Gasteiger charge is 2.29. The molecule has 1 amide bonds. The van der Waals surface area contributed by atoms with Crippen LogP contribution in [0.3, 0.4) is 0 Å². The van der Waals surface area contributed by atoms with Crippen LogP contribution in [-0.2, 0) is 4.79 Å². The Morgan fingerprint density at radius 3 is 2.62 bits per heavy atom. The first-order chi connectivity index (χ1) is 14.0. The minimum atomic E-state index is -0.179. The number of nitrogens with one attached hydrogen (secondary N) is 2. The molecule has 1 aromatic heterocycles. The van der Waals surface area contributed by atoms with E-state index in [0.29, 0.717) is 11.9 Å². The molecular formula is C22H28N6O. The predicted molar refractivity (Wildman–Crippen MR) is 116 cm³/mol. The van der Waals surface area contributed by atoms with Gasteiger partial charge in [0.2, 0.25) is 11.9 Å². The third kappa shape index (κ3) is 4.10. The SMILES string of the molecule is C[C@H](C(=O)Nc1cccc2ccccc12)N1CCC(c2nc(N(C)C)n[nH]2)CC1. The van der Waals surface area contributed by atoms with E-state index in [2.05, 4.69) is 37.5 Å². The maximum Gasteiger partial charge on any atom is 0.244 e. The van der Waals surface area contributed by atoms with Crippen molar-refractivity contribution in [3.63, 3.8) is 0 Å². The minimum Gasteiger partial charge on any atom is -0.346 e. The van der Waals surface area contributed by atoms with Crippen molar-refractivity contribution in [3.8, 4) is 0 Å². The summed E-state index contributed by atoms with van der Waals surface area (Å²) in [4.78, 5) is 21.6. The smallest absolute Gasteiger partial charge is 0.244 e. The van der Waals surface area contributed by atoms with Crippen molar-refractivity contribution in [2.75, 3.05) is 37.4 Å². The van der Waals surface area contributed by atoms with Gasteiger partial charge >= 0.3 is 0 Å². The lowest BCUT2D eigenvalue weighted by Gasteiger charge is -2.34. The molecule has 1 aliphatic rings. The molecular weight excluding hydrogens is 364 g/mol. The normalized spacial score (nSPS) is 16.7. The average Bonchev–Trinajstić information content (AvgIpc) is 3.24. The van der Waals surface area contributed by atoms with Crippen LogP contribution < -0.4 is 10.2 Å². The van der Waals surface area contributed by atoms with Gasteiger partial charge in [-0.1, -0.05) is 36.4 Å². The Hall–Kier alpha value is -2.93. The van der Waals surface area contributed by atoms with Crippen molar-refractivity contribution in [1.29, 1.82) is 0 Å². The number of aromatic nitrogens is 3. The highest BCUT2D eigenvalue weighted by atomic mass is 16.2. The Kier molecular flexibility index (Phi) is 5.49. The van der Waals surface area contributed by atoms with Crippen LogP contribution in [0.15, 0.2) is 42.5 Å². The molecule has 0 aliphatic carbocycles. The Bertz CT molecular complexity index is 984. The zero-order valence-corrected chi connectivity index (χ0v) is 17.2. The second kappa shape index (κ2) is 8.21. The molecule has 2 aromatic carbocycles. The number of likely N-dealkylation sites (tertiary alicyclic amines) is 1. The summed E-state index contributed by atoms with van der Waals surface area (Å²) >= 11 is 0. The highest BCUT2D eigenvalue weighted by Crippen LogP contribution is 2.28. The third-order valence-corrected chi connectivity index (χ3v) is 5.78. The molecule has 0 spiro atoms. The summed E-state index contributed by atoms with van der Waals surface area (Å²) in [5.74, 6) is 2.06. The minimum absolute atomic E-state index is 0.0364. The van der Waals surface area contributed by atoms with E-state index in [1.54, 1.807) is 0 Å². The quantitative estimate of drug-likeness (QED) is 0.697. The van der Waals surface area contributed by atoms with E-state index in [0.717, 1.165) is 48.2 Å². The van der Waals surface area contributed by atoms with E-state index >= 15 is 0 Å². The maximum absolute atomic E-state index is 12.9. The molecule has 7 nitrogen and oxygen atoms in total. The fraction of sp³-hybridized carbons (Fsp3) is 0.409. The van der Waals surface area contributed by atoms with Gasteiger partial charge in [0.15, 0.2) is 0 Å². The fourth-order valence-electron chi connectivity index (χ4n) is 3.95. The Morgan fingerprint density at radius 1 is 1.17 bits per heavy atom. The molecule has 152 valence electrons. The van der Waals surface area contributed by atoms with Crippen molar-refractivity contribution in [1.82, 2.24) is 20.1 Å². The Morgan fingerprint density at radius 2 is 1.90 bits per heavy atom. The molecule has 2 heterocycles. The first kappa shape index (κ1) is 19.4. The average molecular weight is 393 g/mol. The summed E-state index contributed by atoms with van der Waals surface area (Å²) in [6.07, 6.45) is 1.93. The second-order valence-electron chi connectivity index (χ2n) is 7.92. The topological polar surface area (TPSA) is 77.2 Å². The molecule has 4 rings (SSSR count). The molecule has 0 bridgehead atoms. The Balaban J connectivity index is 1.37. The van der Waals surface area contributed by atoms with E-state index in [1.165, 1.54) is 0 Å². The largest absolute Gasteiger partial charge is 0.346 e. The molecule has 1 saturated heterocycles. The van der Waals surface area contributed by atoms with Gasteiger partial charge < -0.3 is 10.2 Å². The van der Waals surface area contributed by atoms with E-state index in [-0.39, 0.29) is 11.9 Å². The van der Waals surface area contributed by atoms with Crippen molar-refractivity contribution in [3.05, 3.63) is 48.3 Å².